The van der Waals surface area contributed by atoms with E-state index in [0.29, 0.717) is 0 Å². The molecule has 0 aliphatic carbocycles. The first-order chi connectivity index (χ1) is 15.5. The summed E-state index contributed by atoms with van der Waals surface area (Å²) in [6.45, 7) is 0. The molecule has 4 rings (SSSR count). The average Bonchev–Trinajstić information content (AvgIpc) is 2.74. The Morgan fingerprint density at radius 1 is 0.818 bits per heavy atom. The maximum Gasteiger partial charge on any atom is 0.343 e. The number of carbonyl (C=O) groups is 1. The van der Waals surface area contributed by atoms with Crippen molar-refractivity contribution in [1.29, 1.82) is 0 Å². The molecule has 1 heterocycles. The molecule has 11 nitrogen and oxygen atoms in total. The van der Waals surface area contributed by atoms with Crippen LogP contribution in [0, 0.1) is 0 Å². The summed E-state index contributed by atoms with van der Waals surface area (Å²) in [6.07, 6.45) is -2.41. The van der Waals surface area contributed by atoms with Gasteiger partial charge in [0.25, 0.3) is 0 Å². The van der Waals surface area contributed by atoms with Crippen molar-refractivity contribution in [3.05, 3.63) is 53.1 Å². The van der Waals surface area contributed by atoms with Gasteiger partial charge in [-0.25, -0.2) is 4.79 Å². The monoisotopic (exact) mass is 458 g/mol. The number of aliphatic hydroxyl groups excluding tert-OH is 1. The van der Waals surface area contributed by atoms with Crippen LogP contribution >= 0.6 is 0 Å². The van der Waals surface area contributed by atoms with E-state index < -0.39 is 52.7 Å². The lowest BCUT2D eigenvalue weighted by Gasteiger charge is -2.31. The maximum absolute atomic E-state index is 12.4. The SMILES string of the molecule is O=C(Oc1cc([C@H]2Oc3cc(O)cc(O)c3C[C@@H]2O)cc(O)c1O)c1cc(O)c(O)c(O)c1. The number of benzene rings is 3. The van der Waals surface area contributed by atoms with Crippen LogP contribution in [0.5, 0.6) is 51.7 Å². The summed E-state index contributed by atoms with van der Waals surface area (Å²) in [5.74, 6) is -6.05. The Kier molecular flexibility index (Phi) is 5.18. The Morgan fingerprint density at radius 3 is 2.12 bits per heavy atom. The predicted octanol–water partition coefficient (Wildman–Crippen LogP) is 1.88. The van der Waals surface area contributed by atoms with Crippen LogP contribution in [0.2, 0.25) is 0 Å². The number of phenols is 7. The largest absolute Gasteiger partial charge is 0.508 e. The standard InChI is InChI=1S/C22H18O11/c23-10-5-12(24)11-7-16(28)21(32-17(11)6-10)8-1-15(27)20(30)18(4-8)33-22(31)9-2-13(25)19(29)14(26)3-9/h1-6,16,21,23-30H,7H2/t16-,21+/m0/s1. The Hall–Kier alpha value is -4.51. The van der Waals surface area contributed by atoms with Crippen molar-refractivity contribution in [2.75, 3.05) is 0 Å². The second kappa shape index (κ2) is 7.88. The molecule has 0 saturated carbocycles. The first-order valence-corrected chi connectivity index (χ1v) is 9.47. The minimum Gasteiger partial charge on any atom is -0.508 e. The molecule has 8 N–H and O–H groups in total. The molecule has 1 aliphatic heterocycles. The van der Waals surface area contributed by atoms with Gasteiger partial charge in [0, 0.05) is 29.7 Å². The van der Waals surface area contributed by atoms with Crippen LogP contribution in [0.25, 0.3) is 0 Å². The highest BCUT2D eigenvalue weighted by Gasteiger charge is 2.33. The van der Waals surface area contributed by atoms with Gasteiger partial charge in [0.15, 0.2) is 34.9 Å². The second-order valence-electron chi connectivity index (χ2n) is 7.39. The van der Waals surface area contributed by atoms with E-state index in [1.807, 2.05) is 0 Å². The molecule has 3 aromatic rings. The third kappa shape index (κ3) is 3.92. The summed E-state index contributed by atoms with van der Waals surface area (Å²) in [5.41, 5.74) is -0.0236. The molecule has 11 heteroatoms. The zero-order valence-electron chi connectivity index (χ0n) is 16.6. The third-order valence-electron chi connectivity index (χ3n) is 5.10. The van der Waals surface area contributed by atoms with Crippen molar-refractivity contribution in [3.63, 3.8) is 0 Å². The molecule has 172 valence electrons. The molecule has 0 spiro atoms. The summed E-state index contributed by atoms with van der Waals surface area (Å²) < 4.78 is 10.7. The van der Waals surface area contributed by atoms with Crippen LogP contribution in [0.15, 0.2) is 36.4 Å². The van der Waals surface area contributed by atoms with Gasteiger partial charge in [0.1, 0.15) is 17.2 Å². The molecule has 3 aromatic carbocycles. The van der Waals surface area contributed by atoms with Gasteiger partial charge in [-0.05, 0) is 24.3 Å². The zero-order chi connectivity index (χ0) is 24.0. The van der Waals surface area contributed by atoms with Gasteiger partial charge >= 0.3 is 5.97 Å². The number of hydrogen-bond acceptors (Lipinski definition) is 11. The summed E-state index contributed by atoms with van der Waals surface area (Å²) in [6, 6.07) is 6.17. The molecular formula is C22H18O11. The molecular weight excluding hydrogens is 440 g/mol. The number of carbonyl (C=O) groups excluding carboxylic acids is 1. The zero-order valence-corrected chi connectivity index (χ0v) is 16.6. The van der Waals surface area contributed by atoms with Gasteiger partial charge in [-0.1, -0.05) is 0 Å². The first-order valence-electron chi connectivity index (χ1n) is 9.47. The number of ether oxygens (including phenoxy) is 2. The topological polar surface area (TPSA) is 197 Å². The number of rotatable bonds is 3. The fourth-order valence-electron chi connectivity index (χ4n) is 3.49. The van der Waals surface area contributed by atoms with E-state index in [4.69, 9.17) is 9.47 Å². The van der Waals surface area contributed by atoms with Crippen LogP contribution in [-0.4, -0.2) is 52.9 Å². The maximum atomic E-state index is 12.4. The number of esters is 1. The van der Waals surface area contributed by atoms with Gasteiger partial charge in [-0.3, -0.25) is 0 Å². The molecule has 0 unspecified atom stereocenters. The summed E-state index contributed by atoms with van der Waals surface area (Å²) in [5, 5.41) is 79.0. The van der Waals surface area contributed by atoms with Crippen LogP contribution < -0.4 is 9.47 Å². The fourth-order valence-corrected chi connectivity index (χ4v) is 3.49. The summed E-state index contributed by atoms with van der Waals surface area (Å²) in [7, 11) is 0. The minimum atomic E-state index is -1.22. The number of phenolic OH excluding ortho intramolecular Hbond substituents is 7. The number of aromatic hydroxyl groups is 7. The molecule has 0 saturated heterocycles. The summed E-state index contributed by atoms with van der Waals surface area (Å²) in [4.78, 5) is 12.4. The number of hydrogen-bond donors (Lipinski definition) is 8. The predicted molar refractivity (Wildman–Crippen MR) is 109 cm³/mol. The van der Waals surface area contributed by atoms with Crippen molar-refractivity contribution < 1.29 is 55.1 Å². The molecule has 0 aromatic heterocycles. The van der Waals surface area contributed by atoms with Gasteiger partial charge in [-0.2, -0.15) is 0 Å². The van der Waals surface area contributed by atoms with Crippen molar-refractivity contribution in [2.24, 2.45) is 0 Å². The highest BCUT2D eigenvalue weighted by atomic mass is 16.5. The van der Waals surface area contributed by atoms with E-state index in [1.165, 1.54) is 6.07 Å². The van der Waals surface area contributed by atoms with Gasteiger partial charge in [-0.15, -0.1) is 0 Å². The normalized spacial score (nSPS) is 17.1. The van der Waals surface area contributed by atoms with Crippen molar-refractivity contribution >= 4 is 5.97 Å². The summed E-state index contributed by atoms with van der Waals surface area (Å²) >= 11 is 0. The van der Waals surface area contributed by atoms with Gasteiger partial charge in [0.05, 0.1) is 11.7 Å². The van der Waals surface area contributed by atoms with E-state index in [2.05, 4.69) is 0 Å². The Labute approximate surface area is 185 Å². The van der Waals surface area contributed by atoms with Crippen LogP contribution in [0.1, 0.15) is 27.6 Å². The van der Waals surface area contributed by atoms with Crippen LogP contribution in [-0.2, 0) is 6.42 Å². The van der Waals surface area contributed by atoms with E-state index >= 15 is 0 Å². The van der Waals surface area contributed by atoms with Gasteiger partial charge < -0.3 is 50.3 Å². The van der Waals surface area contributed by atoms with Crippen molar-refractivity contribution in [3.8, 4) is 51.7 Å². The van der Waals surface area contributed by atoms with E-state index in [-0.39, 0.29) is 40.4 Å². The van der Waals surface area contributed by atoms with E-state index in [9.17, 15) is 45.6 Å². The lowest BCUT2D eigenvalue weighted by atomic mass is 9.93. The molecule has 1 aliphatic rings. The molecule has 0 amide bonds. The lowest BCUT2D eigenvalue weighted by Crippen LogP contribution is -2.30. The molecule has 33 heavy (non-hydrogen) atoms. The molecule has 2 atom stereocenters. The quantitative estimate of drug-likeness (QED) is 0.162. The fraction of sp³-hybridized carbons (Fsp3) is 0.136. The average molecular weight is 458 g/mol. The molecule has 0 bridgehead atoms. The third-order valence-corrected chi connectivity index (χ3v) is 5.10. The second-order valence-corrected chi connectivity index (χ2v) is 7.39. The van der Waals surface area contributed by atoms with E-state index in [1.54, 1.807) is 0 Å². The van der Waals surface area contributed by atoms with E-state index in [0.717, 1.165) is 30.3 Å². The molecule has 0 radical (unpaired) electrons. The highest BCUT2D eigenvalue weighted by molar-refractivity contribution is 5.93. The van der Waals surface area contributed by atoms with Crippen LogP contribution in [0.4, 0.5) is 0 Å². The van der Waals surface area contributed by atoms with Crippen LogP contribution in [0.3, 0.4) is 0 Å². The lowest BCUT2D eigenvalue weighted by molar-refractivity contribution is 0.0195. The van der Waals surface area contributed by atoms with Gasteiger partial charge in [0.2, 0.25) is 5.75 Å². The minimum absolute atomic E-state index is 0.0606. The number of aliphatic hydroxyl groups is 1. The van der Waals surface area contributed by atoms with Crippen molar-refractivity contribution in [2.45, 2.75) is 18.6 Å². The Morgan fingerprint density at radius 2 is 1.45 bits per heavy atom. The van der Waals surface area contributed by atoms with Crippen molar-refractivity contribution in [1.82, 2.24) is 0 Å². The Bertz CT molecular complexity index is 1240. The molecule has 0 fully saturated rings. The Balaban J connectivity index is 1.67. The first kappa shape index (κ1) is 21.7. The smallest absolute Gasteiger partial charge is 0.343 e. The highest BCUT2D eigenvalue weighted by Crippen LogP contribution is 2.45. The number of fused-ring (bicyclic) bond motifs is 1.